The lowest BCUT2D eigenvalue weighted by Crippen LogP contribution is -2.50. The molecule has 0 aromatic heterocycles. The highest BCUT2D eigenvalue weighted by Gasteiger charge is 2.59. The second-order valence-electron chi connectivity index (χ2n) is 9.42. The second kappa shape index (κ2) is 5.47. The third kappa shape index (κ3) is 2.10. The zero-order chi connectivity index (χ0) is 17.1. The minimum absolute atomic E-state index is 0.194. The molecule has 0 aliphatic heterocycles. The van der Waals surface area contributed by atoms with E-state index in [1.165, 1.54) is 32.1 Å². The smallest absolute Gasteiger partial charge is 0.306 e. The molecular weight excluding hydrogens is 296 g/mol. The van der Waals surface area contributed by atoms with Gasteiger partial charge in [-0.05, 0) is 74.0 Å². The van der Waals surface area contributed by atoms with Gasteiger partial charge in [0.15, 0.2) is 0 Å². The molecule has 2 heteroatoms. The predicted molar refractivity (Wildman–Crippen MR) is 96.5 cm³/mol. The molecule has 0 bridgehead atoms. The maximum Gasteiger partial charge on any atom is 0.306 e. The summed E-state index contributed by atoms with van der Waals surface area (Å²) in [5.74, 6) is 1.87. The van der Waals surface area contributed by atoms with Crippen LogP contribution in [0.2, 0.25) is 0 Å². The third-order valence-electron chi connectivity index (χ3n) is 8.68. The van der Waals surface area contributed by atoms with Gasteiger partial charge in [0, 0.05) is 5.41 Å². The van der Waals surface area contributed by atoms with Gasteiger partial charge in [-0.1, -0.05) is 44.6 Å². The highest BCUT2D eigenvalue weighted by molar-refractivity contribution is 5.70. The average molecular weight is 328 g/mol. The van der Waals surface area contributed by atoms with Crippen molar-refractivity contribution in [2.24, 2.45) is 40.4 Å². The molecule has 0 radical (unpaired) electrons. The Kier molecular flexibility index (Phi) is 3.75. The van der Waals surface area contributed by atoms with Crippen LogP contribution in [0.1, 0.15) is 65.7 Å². The van der Waals surface area contributed by atoms with Crippen LogP contribution >= 0.6 is 0 Å². The quantitative estimate of drug-likeness (QED) is 0.684. The van der Waals surface area contributed by atoms with E-state index in [0.717, 1.165) is 30.6 Å². The Bertz CT molecular complexity index is 603. The van der Waals surface area contributed by atoms with Crippen LogP contribution in [0.4, 0.5) is 0 Å². The van der Waals surface area contributed by atoms with E-state index in [4.69, 9.17) is 0 Å². The lowest BCUT2D eigenvalue weighted by molar-refractivity contribution is -0.146. The minimum atomic E-state index is -0.597. The van der Waals surface area contributed by atoms with Gasteiger partial charge in [0.25, 0.3) is 0 Å². The Hall–Kier alpha value is -1.05. The molecule has 24 heavy (non-hydrogen) atoms. The van der Waals surface area contributed by atoms with Crippen LogP contribution < -0.4 is 0 Å². The molecular formula is C22H32O2. The number of hydrogen-bond donors (Lipinski definition) is 1. The zero-order valence-electron chi connectivity index (χ0n) is 15.4. The molecule has 2 nitrogen and oxygen atoms in total. The van der Waals surface area contributed by atoms with E-state index in [0.29, 0.717) is 5.92 Å². The summed E-state index contributed by atoms with van der Waals surface area (Å²) in [7, 11) is 0. The van der Waals surface area contributed by atoms with Crippen LogP contribution in [-0.2, 0) is 4.79 Å². The van der Waals surface area contributed by atoms with Crippen molar-refractivity contribution in [3.63, 3.8) is 0 Å². The first-order valence-corrected chi connectivity index (χ1v) is 9.98. The van der Waals surface area contributed by atoms with Gasteiger partial charge in [-0.3, -0.25) is 4.79 Å². The molecule has 0 aromatic rings. The Balaban J connectivity index is 1.64. The highest BCUT2D eigenvalue weighted by Crippen LogP contribution is 2.66. The SMILES string of the molecule is CC(C(=O)O)[C@H]1CC[C@H]2[C@@H]3CCC4=CCC=C[C@]4(C)[C@H]3CC[C@]12C. The fourth-order valence-electron chi connectivity index (χ4n) is 7.37. The summed E-state index contributed by atoms with van der Waals surface area (Å²) >= 11 is 0. The normalized spacial score (nSPS) is 48.0. The molecule has 0 heterocycles. The second-order valence-corrected chi connectivity index (χ2v) is 9.42. The van der Waals surface area contributed by atoms with Crippen LogP contribution in [0.3, 0.4) is 0 Å². The van der Waals surface area contributed by atoms with Gasteiger partial charge in [-0.2, -0.15) is 0 Å². The monoisotopic (exact) mass is 328 g/mol. The molecule has 4 rings (SSSR count). The summed E-state index contributed by atoms with van der Waals surface area (Å²) in [5, 5.41) is 9.56. The van der Waals surface area contributed by atoms with Crippen LogP contribution in [0.5, 0.6) is 0 Å². The lowest BCUT2D eigenvalue weighted by atomic mass is 9.47. The van der Waals surface area contributed by atoms with Crippen molar-refractivity contribution in [3.8, 4) is 0 Å². The van der Waals surface area contributed by atoms with Crippen LogP contribution in [0.15, 0.2) is 23.8 Å². The first-order valence-electron chi connectivity index (χ1n) is 9.98. The molecule has 132 valence electrons. The number of rotatable bonds is 2. The van der Waals surface area contributed by atoms with Crippen molar-refractivity contribution in [1.82, 2.24) is 0 Å². The lowest BCUT2D eigenvalue weighted by Gasteiger charge is -2.57. The number of allylic oxidation sites excluding steroid dienone is 4. The predicted octanol–water partition coefficient (Wildman–Crippen LogP) is 5.45. The van der Waals surface area contributed by atoms with Crippen molar-refractivity contribution in [2.75, 3.05) is 0 Å². The third-order valence-corrected chi connectivity index (χ3v) is 8.68. The number of fused-ring (bicyclic) bond motifs is 5. The molecule has 1 unspecified atom stereocenters. The zero-order valence-corrected chi connectivity index (χ0v) is 15.4. The number of carboxylic acids is 1. The van der Waals surface area contributed by atoms with E-state index in [2.05, 4.69) is 32.1 Å². The van der Waals surface area contributed by atoms with E-state index in [1.54, 1.807) is 5.57 Å². The van der Waals surface area contributed by atoms with Gasteiger partial charge < -0.3 is 5.11 Å². The summed E-state index contributed by atoms with van der Waals surface area (Å²) in [6, 6.07) is 0. The maximum absolute atomic E-state index is 11.6. The highest BCUT2D eigenvalue weighted by atomic mass is 16.4. The van der Waals surface area contributed by atoms with Crippen molar-refractivity contribution in [3.05, 3.63) is 23.8 Å². The minimum Gasteiger partial charge on any atom is -0.481 e. The van der Waals surface area contributed by atoms with Crippen LogP contribution in [0.25, 0.3) is 0 Å². The Labute approximate surface area is 146 Å². The topological polar surface area (TPSA) is 37.3 Å². The standard InChI is InChI=1S/C22H32O2/c1-14(20(23)24)17-9-10-18-16-8-7-15-6-4-5-12-21(15,2)19(16)11-13-22(17,18)3/h5-6,12,14,16-19H,4,7-11,13H2,1-3H3,(H,23,24)/t14?,16-,17+,18-,19-,21-,22+/m0/s1. The molecule has 3 fully saturated rings. The molecule has 0 amide bonds. The summed E-state index contributed by atoms with van der Waals surface area (Å²) < 4.78 is 0. The first kappa shape index (κ1) is 16.4. The summed E-state index contributed by atoms with van der Waals surface area (Å²) in [6.07, 6.45) is 15.9. The fraction of sp³-hybridized carbons (Fsp3) is 0.773. The maximum atomic E-state index is 11.6. The van der Waals surface area contributed by atoms with E-state index < -0.39 is 5.97 Å². The number of carbonyl (C=O) groups is 1. The Morgan fingerprint density at radius 3 is 2.75 bits per heavy atom. The van der Waals surface area contributed by atoms with Gasteiger partial charge in [-0.15, -0.1) is 0 Å². The van der Waals surface area contributed by atoms with E-state index >= 15 is 0 Å². The number of carboxylic acid groups (broad SMARTS) is 1. The van der Waals surface area contributed by atoms with E-state index in [1.807, 2.05) is 6.92 Å². The number of aliphatic carboxylic acids is 1. The van der Waals surface area contributed by atoms with Crippen molar-refractivity contribution >= 4 is 5.97 Å². The van der Waals surface area contributed by atoms with Gasteiger partial charge in [0.2, 0.25) is 0 Å². The van der Waals surface area contributed by atoms with Crippen molar-refractivity contribution < 1.29 is 9.90 Å². The molecule has 4 aliphatic carbocycles. The molecule has 3 saturated carbocycles. The Morgan fingerprint density at radius 2 is 2.00 bits per heavy atom. The molecule has 0 aromatic carbocycles. The van der Waals surface area contributed by atoms with Crippen molar-refractivity contribution in [1.29, 1.82) is 0 Å². The first-order chi connectivity index (χ1) is 11.4. The molecule has 0 saturated heterocycles. The average Bonchev–Trinajstić information content (AvgIpc) is 2.90. The molecule has 4 aliphatic rings. The number of hydrogen-bond acceptors (Lipinski definition) is 1. The Morgan fingerprint density at radius 1 is 1.21 bits per heavy atom. The van der Waals surface area contributed by atoms with Gasteiger partial charge >= 0.3 is 5.97 Å². The van der Waals surface area contributed by atoms with Crippen molar-refractivity contribution in [2.45, 2.75) is 65.7 Å². The van der Waals surface area contributed by atoms with Crippen LogP contribution in [0, 0.1) is 40.4 Å². The summed E-state index contributed by atoms with van der Waals surface area (Å²) in [4.78, 5) is 11.6. The van der Waals surface area contributed by atoms with Gasteiger partial charge in [0.05, 0.1) is 5.92 Å². The largest absolute Gasteiger partial charge is 0.481 e. The van der Waals surface area contributed by atoms with Crippen LogP contribution in [-0.4, -0.2) is 11.1 Å². The van der Waals surface area contributed by atoms with E-state index in [-0.39, 0.29) is 16.7 Å². The summed E-state index contributed by atoms with van der Waals surface area (Å²) in [6.45, 7) is 6.84. The van der Waals surface area contributed by atoms with Gasteiger partial charge in [-0.25, -0.2) is 0 Å². The fourth-order valence-corrected chi connectivity index (χ4v) is 7.37. The summed E-state index contributed by atoms with van der Waals surface area (Å²) in [5.41, 5.74) is 2.21. The molecule has 7 atom stereocenters. The van der Waals surface area contributed by atoms with Gasteiger partial charge in [0.1, 0.15) is 0 Å². The van der Waals surface area contributed by atoms with E-state index in [9.17, 15) is 9.90 Å². The molecule has 0 spiro atoms. The molecule has 1 N–H and O–H groups in total.